The first-order valence-corrected chi connectivity index (χ1v) is 5.13. The molecule has 0 radical (unpaired) electrons. The Kier molecular flexibility index (Phi) is 5.57. The lowest BCUT2D eigenvalue weighted by Crippen LogP contribution is -2.00. The maximum atomic E-state index is 10.5. The van der Waals surface area contributed by atoms with E-state index in [-0.39, 0.29) is 5.97 Å². The van der Waals surface area contributed by atoms with Gasteiger partial charge in [-0.25, -0.2) is 0 Å². The van der Waals surface area contributed by atoms with Gasteiger partial charge < -0.3 is 9.47 Å². The van der Waals surface area contributed by atoms with Crippen LogP contribution < -0.4 is 0 Å². The molecule has 2 saturated heterocycles. The van der Waals surface area contributed by atoms with Gasteiger partial charge in [0.15, 0.2) is 0 Å². The van der Waals surface area contributed by atoms with Crippen LogP contribution in [-0.2, 0) is 14.3 Å². The molecular formula is C10H18O3. The molecule has 0 atom stereocenters. The van der Waals surface area contributed by atoms with Gasteiger partial charge in [-0.15, -0.1) is 0 Å². The van der Waals surface area contributed by atoms with Crippen molar-refractivity contribution < 1.29 is 14.3 Å². The lowest BCUT2D eigenvalue weighted by molar-refractivity contribution is -0.142. The summed E-state index contributed by atoms with van der Waals surface area (Å²) in [5, 5.41) is 0. The zero-order valence-electron chi connectivity index (χ0n) is 8.09. The fourth-order valence-corrected chi connectivity index (χ4v) is 1.32. The van der Waals surface area contributed by atoms with Crippen molar-refractivity contribution in [3.05, 3.63) is 0 Å². The summed E-state index contributed by atoms with van der Waals surface area (Å²) in [6.45, 7) is 2.64. The van der Waals surface area contributed by atoms with Crippen LogP contribution in [0.15, 0.2) is 0 Å². The lowest BCUT2D eigenvalue weighted by Gasteiger charge is -1.93. The highest BCUT2D eigenvalue weighted by atomic mass is 16.5. The van der Waals surface area contributed by atoms with Crippen LogP contribution in [0.3, 0.4) is 0 Å². The number of carbonyl (C=O) groups excluding carboxylic acids is 1. The van der Waals surface area contributed by atoms with Crippen LogP contribution in [0, 0.1) is 0 Å². The minimum Gasteiger partial charge on any atom is -0.466 e. The summed E-state index contributed by atoms with van der Waals surface area (Å²) in [5.41, 5.74) is 0. The van der Waals surface area contributed by atoms with E-state index in [1.54, 1.807) is 0 Å². The van der Waals surface area contributed by atoms with Gasteiger partial charge >= 0.3 is 5.97 Å². The van der Waals surface area contributed by atoms with Crippen LogP contribution in [-0.4, -0.2) is 25.8 Å². The Morgan fingerprint density at radius 3 is 2.15 bits per heavy atom. The normalized spacial score (nSPS) is 22.6. The average Bonchev–Trinajstić information content (AvgIpc) is 2.62. The molecule has 0 aromatic rings. The third kappa shape index (κ3) is 5.64. The summed E-state index contributed by atoms with van der Waals surface area (Å²) in [6.07, 6.45) is 6.39. The molecule has 0 aliphatic carbocycles. The van der Waals surface area contributed by atoms with Gasteiger partial charge in [0, 0.05) is 19.6 Å². The number of hydrogen-bond acceptors (Lipinski definition) is 3. The molecule has 2 heterocycles. The molecule has 0 aromatic heterocycles. The molecule has 0 spiro atoms. The molecule has 3 nitrogen and oxygen atoms in total. The Hall–Kier alpha value is -0.570. The highest BCUT2D eigenvalue weighted by Gasteiger charge is 2.05. The predicted molar refractivity (Wildman–Crippen MR) is 49.5 cm³/mol. The molecule has 3 heteroatoms. The zero-order valence-corrected chi connectivity index (χ0v) is 8.09. The molecule has 0 unspecified atom stereocenters. The van der Waals surface area contributed by atoms with E-state index in [0.29, 0.717) is 13.0 Å². The van der Waals surface area contributed by atoms with Gasteiger partial charge in [0.05, 0.1) is 6.61 Å². The Balaban J connectivity index is 0.000000145. The van der Waals surface area contributed by atoms with Crippen molar-refractivity contribution >= 4 is 5.97 Å². The van der Waals surface area contributed by atoms with Crippen molar-refractivity contribution in [2.45, 2.75) is 38.5 Å². The summed E-state index contributed by atoms with van der Waals surface area (Å²) >= 11 is 0. The van der Waals surface area contributed by atoms with E-state index < -0.39 is 0 Å². The SMILES string of the molecule is C1CCOC1.O=C1CCCCCO1. The highest BCUT2D eigenvalue weighted by molar-refractivity contribution is 5.69. The van der Waals surface area contributed by atoms with Crippen molar-refractivity contribution in [2.24, 2.45) is 0 Å². The second kappa shape index (κ2) is 6.89. The van der Waals surface area contributed by atoms with Gasteiger partial charge in [-0.2, -0.15) is 0 Å². The predicted octanol–water partition coefficient (Wildman–Crippen LogP) is 1.90. The van der Waals surface area contributed by atoms with E-state index in [4.69, 9.17) is 9.47 Å². The number of rotatable bonds is 0. The fourth-order valence-electron chi connectivity index (χ4n) is 1.32. The van der Waals surface area contributed by atoms with Crippen LogP contribution >= 0.6 is 0 Å². The van der Waals surface area contributed by atoms with Crippen molar-refractivity contribution in [2.75, 3.05) is 19.8 Å². The Morgan fingerprint density at radius 1 is 0.846 bits per heavy atom. The van der Waals surface area contributed by atoms with E-state index in [0.717, 1.165) is 32.5 Å². The summed E-state index contributed by atoms with van der Waals surface area (Å²) < 4.78 is 9.71. The molecule has 76 valence electrons. The van der Waals surface area contributed by atoms with E-state index in [2.05, 4.69) is 0 Å². The first-order chi connectivity index (χ1) is 6.39. The number of cyclic esters (lactones) is 1. The molecule has 0 aromatic carbocycles. The van der Waals surface area contributed by atoms with Gasteiger partial charge in [-0.1, -0.05) is 0 Å². The quantitative estimate of drug-likeness (QED) is 0.542. The van der Waals surface area contributed by atoms with Gasteiger partial charge in [0.25, 0.3) is 0 Å². The Morgan fingerprint density at radius 2 is 1.54 bits per heavy atom. The van der Waals surface area contributed by atoms with Crippen molar-refractivity contribution in [3.63, 3.8) is 0 Å². The maximum Gasteiger partial charge on any atom is 0.305 e. The summed E-state index contributed by atoms with van der Waals surface area (Å²) in [5.74, 6) is -0.0255. The van der Waals surface area contributed by atoms with Gasteiger partial charge in [-0.05, 0) is 32.1 Å². The highest BCUT2D eigenvalue weighted by Crippen LogP contribution is 2.06. The fraction of sp³-hybridized carbons (Fsp3) is 0.900. The third-order valence-electron chi connectivity index (χ3n) is 2.12. The summed E-state index contributed by atoms with van der Waals surface area (Å²) in [4.78, 5) is 10.5. The van der Waals surface area contributed by atoms with Crippen molar-refractivity contribution in [3.8, 4) is 0 Å². The summed E-state index contributed by atoms with van der Waals surface area (Å²) in [7, 11) is 0. The average molecular weight is 186 g/mol. The van der Waals surface area contributed by atoms with Crippen molar-refractivity contribution in [1.82, 2.24) is 0 Å². The lowest BCUT2D eigenvalue weighted by atomic mass is 10.2. The van der Waals surface area contributed by atoms with Crippen LogP contribution in [0.1, 0.15) is 38.5 Å². The second-order valence-electron chi connectivity index (χ2n) is 3.35. The number of ether oxygens (including phenoxy) is 2. The molecule has 2 aliphatic rings. The molecular weight excluding hydrogens is 168 g/mol. The van der Waals surface area contributed by atoms with Crippen molar-refractivity contribution in [1.29, 1.82) is 0 Å². The molecule has 0 N–H and O–H groups in total. The smallest absolute Gasteiger partial charge is 0.305 e. The molecule has 2 fully saturated rings. The minimum atomic E-state index is -0.0255. The van der Waals surface area contributed by atoms with Crippen LogP contribution in [0.4, 0.5) is 0 Å². The Labute approximate surface area is 79.4 Å². The van der Waals surface area contributed by atoms with E-state index >= 15 is 0 Å². The molecule has 0 saturated carbocycles. The van der Waals surface area contributed by atoms with E-state index in [1.807, 2.05) is 0 Å². The van der Waals surface area contributed by atoms with Crippen LogP contribution in [0.25, 0.3) is 0 Å². The molecule has 0 amide bonds. The zero-order chi connectivity index (χ0) is 9.36. The van der Waals surface area contributed by atoms with Gasteiger partial charge in [0.1, 0.15) is 0 Å². The molecule has 2 rings (SSSR count). The second-order valence-corrected chi connectivity index (χ2v) is 3.35. The van der Waals surface area contributed by atoms with Crippen LogP contribution in [0.5, 0.6) is 0 Å². The minimum absolute atomic E-state index is 0.0255. The monoisotopic (exact) mass is 186 g/mol. The topological polar surface area (TPSA) is 35.5 Å². The standard InChI is InChI=1S/C6H10O2.C4H8O/c7-6-4-2-1-3-5-8-6;1-2-4-5-3-1/h1-5H2;1-4H2. The molecule has 0 bridgehead atoms. The van der Waals surface area contributed by atoms with Crippen LogP contribution in [0.2, 0.25) is 0 Å². The largest absolute Gasteiger partial charge is 0.466 e. The van der Waals surface area contributed by atoms with Gasteiger partial charge in [0.2, 0.25) is 0 Å². The van der Waals surface area contributed by atoms with Gasteiger partial charge in [-0.3, -0.25) is 4.79 Å². The maximum absolute atomic E-state index is 10.5. The van der Waals surface area contributed by atoms with E-state index in [9.17, 15) is 4.79 Å². The number of carbonyl (C=O) groups is 1. The molecule has 13 heavy (non-hydrogen) atoms. The first kappa shape index (κ1) is 10.5. The summed E-state index contributed by atoms with van der Waals surface area (Å²) in [6, 6.07) is 0. The Bertz CT molecular complexity index is 123. The number of esters is 1. The first-order valence-electron chi connectivity index (χ1n) is 5.13. The molecule has 2 aliphatic heterocycles. The third-order valence-corrected chi connectivity index (χ3v) is 2.12. The van der Waals surface area contributed by atoms with E-state index in [1.165, 1.54) is 12.8 Å². The number of hydrogen-bond donors (Lipinski definition) is 0.